The maximum atomic E-state index is 6.29. The average molecular weight is 617 g/mol. The van der Waals surface area contributed by atoms with Crippen molar-refractivity contribution in [3.8, 4) is 17.3 Å². The second-order valence-electron chi connectivity index (χ2n) is 12.5. The van der Waals surface area contributed by atoms with Crippen LogP contribution < -0.4 is 0 Å². The molecule has 0 N–H and O–H groups in total. The Balaban J connectivity index is 1.21. The zero-order valence-electron chi connectivity index (χ0n) is 25.9. The van der Waals surface area contributed by atoms with Crippen LogP contribution in [-0.4, -0.2) is 19.5 Å². The summed E-state index contributed by atoms with van der Waals surface area (Å²) < 4.78 is 8.48. The van der Waals surface area contributed by atoms with Crippen LogP contribution >= 0.6 is 0 Å². The molecule has 3 heterocycles. The van der Waals surface area contributed by atoms with Gasteiger partial charge in [-0.1, -0.05) is 115 Å². The summed E-state index contributed by atoms with van der Waals surface area (Å²) in [4.78, 5) is 15.6. The molecule has 10 rings (SSSR count). The largest absolute Gasteiger partial charge is 0.456 e. The highest BCUT2D eigenvalue weighted by atomic mass is 16.3. The Hall–Kier alpha value is -6.33. The molecular weight excluding hydrogens is 589 g/mol. The summed E-state index contributed by atoms with van der Waals surface area (Å²) in [6.07, 6.45) is 7.33. The summed E-state index contributed by atoms with van der Waals surface area (Å²) in [5, 5.41) is 6.87. The molecule has 3 aromatic heterocycles. The third-order valence-electron chi connectivity index (χ3n) is 9.60. The summed E-state index contributed by atoms with van der Waals surface area (Å²) in [5.41, 5.74) is 7.02. The lowest BCUT2D eigenvalue weighted by Crippen LogP contribution is -2.10. The van der Waals surface area contributed by atoms with Gasteiger partial charge in [-0.05, 0) is 64.7 Å². The van der Waals surface area contributed by atoms with Gasteiger partial charge in [0.05, 0.1) is 11.0 Å². The summed E-state index contributed by atoms with van der Waals surface area (Å²) in [6, 6.07) is 46.6. The number of fused-ring (bicyclic) bond motifs is 7. The van der Waals surface area contributed by atoms with E-state index >= 15 is 0 Å². The number of benzene rings is 6. The standard InChI is InChI=1S/C43H28N4O/c1-2-11-27(12-3-1)28-15-10-16-31(23-28)41-44-42(32-21-22-35-34-18-7-9-20-39(34)48-40(35)26-32)46-43(45-41)47-37-19-8-6-17-33(37)36-24-29-13-4-5-14-30(29)25-38(36)47/h1-22,24-26,28H,23H2. The van der Waals surface area contributed by atoms with E-state index in [1.807, 2.05) is 18.2 Å². The van der Waals surface area contributed by atoms with Crippen LogP contribution in [0.3, 0.4) is 0 Å². The topological polar surface area (TPSA) is 56.7 Å². The Labute approximate surface area is 276 Å². The Bertz CT molecular complexity index is 2770. The molecule has 0 radical (unpaired) electrons. The molecule has 0 saturated heterocycles. The van der Waals surface area contributed by atoms with E-state index in [1.165, 1.54) is 21.7 Å². The molecule has 1 aliphatic rings. The fourth-order valence-corrected chi connectivity index (χ4v) is 7.25. The van der Waals surface area contributed by atoms with E-state index in [0.29, 0.717) is 17.6 Å². The predicted octanol–water partition coefficient (Wildman–Crippen LogP) is 10.8. The average Bonchev–Trinajstić information content (AvgIpc) is 3.69. The van der Waals surface area contributed by atoms with Gasteiger partial charge in [0.25, 0.3) is 0 Å². The van der Waals surface area contributed by atoms with Crippen molar-refractivity contribution >= 4 is 60.1 Å². The van der Waals surface area contributed by atoms with E-state index in [2.05, 4.69) is 138 Å². The highest BCUT2D eigenvalue weighted by Gasteiger charge is 2.22. The first-order valence-electron chi connectivity index (χ1n) is 16.3. The van der Waals surface area contributed by atoms with Gasteiger partial charge in [-0.2, -0.15) is 9.97 Å². The van der Waals surface area contributed by atoms with Gasteiger partial charge in [-0.15, -0.1) is 0 Å². The predicted molar refractivity (Wildman–Crippen MR) is 195 cm³/mol. The number of hydrogen-bond acceptors (Lipinski definition) is 4. The van der Waals surface area contributed by atoms with Gasteiger partial charge in [-0.25, -0.2) is 4.98 Å². The molecule has 0 aliphatic heterocycles. The molecule has 0 fully saturated rings. The van der Waals surface area contributed by atoms with Gasteiger partial charge in [-0.3, -0.25) is 4.57 Å². The minimum atomic E-state index is 0.237. The minimum absolute atomic E-state index is 0.237. The molecule has 6 aromatic carbocycles. The number of aromatic nitrogens is 4. The normalized spacial score (nSPS) is 14.8. The maximum Gasteiger partial charge on any atom is 0.238 e. The highest BCUT2D eigenvalue weighted by Crippen LogP contribution is 2.37. The molecular formula is C43H28N4O. The second kappa shape index (κ2) is 10.6. The van der Waals surface area contributed by atoms with E-state index < -0.39 is 0 Å². The molecule has 5 heteroatoms. The summed E-state index contributed by atoms with van der Waals surface area (Å²) in [6.45, 7) is 0. The van der Waals surface area contributed by atoms with Gasteiger partial charge < -0.3 is 4.42 Å². The number of allylic oxidation sites excluding steroid dienone is 4. The molecule has 226 valence electrons. The lowest BCUT2D eigenvalue weighted by Gasteiger charge is -2.19. The van der Waals surface area contributed by atoms with Crippen molar-refractivity contribution in [3.05, 3.63) is 163 Å². The molecule has 0 bridgehead atoms. The fourth-order valence-electron chi connectivity index (χ4n) is 7.25. The lowest BCUT2D eigenvalue weighted by atomic mass is 9.88. The smallest absolute Gasteiger partial charge is 0.238 e. The van der Waals surface area contributed by atoms with Crippen molar-refractivity contribution in [1.82, 2.24) is 19.5 Å². The molecule has 1 atom stereocenters. The summed E-state index contributed by atoms with van der Waals surface area (Å²) in [5.74, 6) is 2.11. The van der Waals surface area contributed by atoms with Crippen LogP contribution in [0.25, 0.3) is 77.4 Å². The Morgan fingerprint density at radius 3 is 2.19 bits per heavy atom. The van der Waals surface area contributed by atoms with Crippen LogP contribution in [-0.2, 0) is 0 Å². The Morgan fingerprint density at radius 1 is 0.562 bits per heavy atom. The SMILES string of the molecule is C1=CC(c2ccccc2)CC(c2nc(-c3ccc4c(c3)oc3ccccc34)nc(-n3c4ccccc4c4cc5ccccc5cc43)n2)=C1. The van der Waals surface area contributed by atoms with Crippen LogP contribution in [0.4, 0.5) is 0 Å². The van der Waals surface area contributed by atoms with E-state index in [1.54, 1.807) is 0 Å². The third kappa shape index (κ3) is 4.28. The molecule has 5 nitrogen and oxygen atoms in total. The summed E-state index contributed by atoms with van der Waals surface area (Å²) in [7, 11) is 0. The number of nitrogens with zero attached hydrogens (tertiary/aromatic N) is 4. The Kier molecular flexibility index (Phi) is 5.93. The first-order valence-corrected chi connectivity index (χ1v) is 16.3. The fraction of sp³-hybridized carbons (Fsp3) is 0.0465. The van der Waals surface area contributed by atoms with E-state index in [0.717, 1.165) is 55.9 Å². The van der Waals surface area contributed by atoms with Gasteiger partial charge in [0.15, 0.2) is 11.6 Å². The maximum absolute atomic E-state index is 6.29. The van der Waals surface area contributed by atoms with Crippen molar-refractivity contribution in [2.75, 3.05) is 0 Å². The summed E-state index contributed by atoms with van der Waals surface area (Å²) >= 11 is 0. The molecule has 1 aliphatic carbocycles. The van der Waals surface area contributed by atoms with Crippen LogP contribution in [0.1, 0.15) is 23.7 Å². The molecule has 1 unspecified atom stereocenters. The van der Waals surface area contributed by atoms with Crippen LogP contribution in [0.15, 0.2) is 156 Å². The van der Waals surface area contributed by atoms with Gasteiger partial charge >= 0.3 is 0 Å². The second-order valence-corrected chi connectivity index (χ2v) is 12.5. The van der Waals surface area contributed by atoms with E-state index in [4.69, 9.17) is 19.4 Å². The van der Waals surface area contributed by atoms with E-state index in [-0.39, 0.29) is 5.92 Å². The first-order chi connectivity index (χ1) is 23.8. The zero-order chi connectivity index (χ0) is 31.6. The van der Waals surface area contributed by atoms with Crippen molar-refractivity contribution in [1.29, 1.82) is 0 Å². The lowest BCUT2D eigenvalue weighted by molar-refractivity contribution is 0.669. The van der Waals surface area contributed by atoms with Gasteiger partial charge in [0, 0.05) is 33.0 Å². The minimum Gasteiger partial charge on any atom is -0.456 e. The van der Waals surface area contributed by atoms with Crippen molar-refractivity contribution in [2.45, 2.75) is 12.3 Å². The highest BCUT2D eigenvalue weighted by molar-refractivity contribution is 6.13. The number of para-hydroxylation sites is 2. The van der Waals surface area contributed by atoms with Crippen molar-refractivity contribution in [2.24, 2.45) is 0 Å². The molecule has 48 heavy (non-hydrogen) atoms. The van der Waals surface area contributed by atoms with Crippen LogP contribution in [0, 0.1) is 0 Å². The zero-order valence-corrected chi connectivity index (χ0v) is 25.9. The molecule has 0 amide bonds. The molecule has 9 aromatic rings. The van der Waals surface area contributed by atoms with Crippen molar-refractivity contribution < 1.29 is 4.42 Å². The quantitative estimate of drug-likeness (QED) is 0.197. The molecule has 0 spiro atoms. The van der Waals surface area contributed by atoms with Crippen molar-refractivity contribution in [3.63, 3.8) is 0 Å². The van der Waals surface area contributed by atoms with Gasteiger partial charge in [0.1, 0.15) is 11.2 Å². The number of rotatable bonds is 4. The van der Waals surface area contributed by atoms with Crippen LogP contribution in [0.2, 0.25) is 0 Å². The van der Waals surface area contributed by atoms with Gasteiger partial charge in [0.2, 0.25) is 5.95 Å². The number of hydrogen-bond donors (Lipinski definition) is 0. The monoisotopic (exact) mass is 616 g/mol. The Morgan fingerprint density at radius 2 is 1.29 bits per heavy atom. The first kappa shape index (κ1) is 26.8. The molecule has 0 saturated carbocycles. The number of furan rings is 1. The van der Waals surface area contributed by atoms with E-state index in [9.17, 15) is 0 Å². The van der Waals surface area contributed by atoms with Crippen LogP contribution in [0.5, 0.6) is 0 Å². The third-order valence-corrected chi connectivity index (χ3v) is 9.60.